The van der Waals surface area contributed by atoms with Gasteiger partial charge < -0.3 is 4.84 Å². The fourth-order valence-corrected chi connectivity index (χ4v) is 0.832. The van der Waals surface area contributed by atoms with Crippen LogP contribution in [-0.2, 0) is 4.84 Å². The van der Waals surface area contributed by atoms with Gasteiger partial charge in [-0.2, -0.15) is 0 Å². The van der Waals surface area contributed by atoms with Crippen LogP contribution in [-0.4, -0.2) is 17.8 Å². The first-order chi connectivity index (χ1) is 4.47. The monoisotopic (exact) mass is 122 g/mol. The molecule has 0 aromatic heterocycles. The summed E-state index contributed by atoms with van der Waals surface area (Å²) >= 11 is 0. The van der Waals surface area contributed by atoms with Crippen LogP contribution in [0.3, 0.4) is 0 Å². The molecular formula is C6H6N2O. The molecule has 0 amide bonds. The molecular weight excluding hydrogens is 116 g/mol. The van der Waals surface area contributed by atoms with Crippen LogP contribution < -0.4 is 0 Å². The van der Waals surface area contributed by atoms with E-state index in [9.17, 15) is 0 Å². The Morgan fingerprint density at radius 3 is 3.56 bits per heavy atom. The lowest BCUT2D eigenvalue weighted by atomic mass is 10.3. The van der Waals surface area contributed by atoms with Crippen LogP contribution >= 0.6 is 0 Å². The second kappa shape index (κ2) is 1.62. The van der Waals surface area contributed by atoms with Gasteiger partial charge in [-0.25, -0.2) is 0 Å². The maximum Gasteiger partial charge on any atom is 0.231 e. The maximum atomic E-state index is 4.86. The van der Waals surface area contributed by atoms with Crippen LogP contribution in [0.5, 0.6) is 0 Å². The minimum atomic E-state index is 0.817. The number of fused-ring (bicyclic) bond motifs is 1. The van der Waals surface area contributed by atoms with E-state index in [4.69, 9.17) is 4.84 Å². The Kier molecular flexibility index (Phi) is 0.828. The van der Waals surface area contributed by atoms with Gasteiger partial charge in [0.05, 0.1) is 0 Å². The summed E-state index contributed by atoms with van der Waals surface area (Å²) in [4.78, 5) is 6.79. The lowest BCUT2D eigenvalue weighted by Crippen LogP contribution is -2.18. The quantitative estimate of drug-likeness (QED) is 0.471. The van der Waals surface area contributed by atoms with Crippen LogP contribution in [0.4, 0.5) is 0 Å². The topological polar surface area (TPSA) is 24.8 Å². The van der Waals surface area contributed by atoms with Crippen molar-refractivity contribution in [2.75, 3.05) is 6.54 Å². The van der Waals surface area contributed by atoms with E-state index in [0.717, 1.165) is 12.4 Å². The van der Waals surface area contributed by atoms with Crippen LogP contribution in [0, 0.1) is 0 Å². The van der Waals surface area contributed by atoms with Gasteiger partial charge in [0.2, 0.25) is 5.88 Å². The normalized spacial score (nSPS) is 21.3. The number of hydrogen-bond donors (Lipinski definition) is 0. The summed E-state index contributed by atoms with van der Waals surface area (Å²) < 4.78 is 0. The third kappa shape index (κ3) is 0.614. The Morgan fingerprint density at radius 1 is 1.67 bits per heavy atom. The van der Waals surface area contributed by atoms with E-state index in [2.05, 4.69) is 5.16 Å². The molecule has 0 radical (unpaired) electrons. The molecule has 2 aliphatic heterocycles. The molecule has 9 heavy (non-hydrogen) atoms. The Labute approximate surface area is 52.9 Å². The molecule has 0 aromatic carbocycles. The van der Waals surface area contributed by atoms with E-state index in [1.165, 1.54) is 0 Å². The molecule has 0 saturated carbocycles. The first-order valence-electron chi connectivity index (χ1n) is 2.81. The molecule has 3 nitrogen and oxygen atoms in total. The van der Waals surface area contributed by atoms with Gasteiger partial charge >= 0.3 is 0 Å². The number of nitrogens with zero attached hydrogens (tertiary/aromatic N) is 2. The number of allylic oxidation sites excluding steroid dienone is 2. The van der Waals surface area contributed by atoms with E-state index in [1.807, 2.05) is 23.1 Å². The highest BCUT2D eigenvalue weighted by molar-refractivity contribution is 5.59. The summed E-state index contributed by atoms with van der Waals surface area (Å²) in [5, 5.41) is 3.62. The third-order valence-electron chi connectivity index (χ3n) is 1.29. The largest absolute Gasteiger partial charge is 0.337 e. The summed E-state index contributed by atoms with van der Waals surface area (Å²) in [7, 11) is 0. The summed E-state index contributed by atoms with van der Waals surface area (Å²) in [6, 6.07) is 0. The van der Waals surface area contributed by atoms with Crippen LogP contribution in [0.25, 0.3) is 0 Å². The predicted octanol–water partition coefficient (Wildman–Crippen LogP) is 0.673. The van der Waals surface area contributed by atoms with Crippen molar-refractivity contribution in [3.8, 4) is 0 Å². The zero-order valence-electron chi connectivity index (χ0n) is 4.82. The molecule has 0 aliphatic carbocycles. The Bertz CT molecular complexity index is 205. The average Bonchev–Trinajstić information content (AvgIpc) is 2.33. The summed E-state index contributed by atoms with van der Waals surface area (Å²) in [5.41, 5.74) is 0. The van der Waals surface area contributed by atoms with Crippen LogP contribution in [0.2, 0.25) is 0 Å². The van der Waals surface area contributed by atoms with Crippen LogP contribution in [0.1, 0.15) is 0 Å². The van der Waals surface area contributed by atoms with Crippen molar-refractivity contribution in [1.82, 2.24) is 4.90 Å². The Hall–Kier alpha value is -1.25. The van der Waals surface area contributed by atoms with E-state index >= 15 is 0 Å². The van der Waals surface area contributed by atoms with Crippen molar-refractivity contribution >= 4 is 6.34 Å². The fourth-order valence-electron chi connectivity index (χ4n) is 0.832. The minimum Gasteiger partial charge on any atom is -0.337 e. The lowest BCUT2D eigenvalue weighted by molar-refractivity contribution is 0.200. The summed E-state index contributed by atoms with van der Waals surface area (Å²) in [6.45, 7) is 0.870. The molecule has 2 rings (SSSR count). The van der Waals surface area contributed by atoms with Gasteiger partial charge in [0.15, 0.2) is 0 Å². The zero-order chi connectivity index (χ0) is 6.10. The molecule has 3 heteroatoms. The van der Waals surface area contributed by atoms with Crippen molar-refractivity contribution in [3.05, 3.63) is 24.1 Å². The molecule has 0 aromatic rings. The molecule has 0 unspecified atom stereocenters. The minimum absolute atomic E-state index is 0.817. The van der Waals surface area contributed by atoms with Gasteiger partial charge in [0.1, 0.15) is 6.34 Å². The van der Waals surface area contributed by atoms with E-state index in [1.54, 1.807) is 6.34 Å². The SMILES string of the molecule is C1=CCN2C=NOC2=C1. The van der Waals surface area contributed by atoms with E-state index < -0.39 is 0 Å². The van der Waals surface area contributed by atoms with Gasteiger partial charge in [0.25, 0.3) is 0 Å². The van der Waals surface area contributed by atoms with Crippen molar-refractivity contribution in [2.45, 2.75) is 0 Å². The highest BCUT2D eigenvalue weighted by Crippen LogP contribution is 2.13. The van der Waals surface area contributed by atoms with Crippen LogP contribution in [0.15, 0.2) is 29.3 Å². The van der Waals surface area contributed by atoms with E-state index in [0.29, 0.717) is 0 Å². The van der Waals surface area contributed by atoms with Gasteiger partial charge in [0, 0.05) is 12.6 Å². The van der Waals surface area contributed by atoms with Crippen molar-refractivity contribution < 1.29 is 4.84 Å². The summed E-state index contributed by atoms with van der Waals surface area (Å²) in [5.74, 6) is 0.817. The Balaban J connectivity index is 2.29. The number of oxime groups is 1. The smallest absolute Gasteiger partial charge is 0.231 e. The predicted molar refractivity (Wildman–Crippen MR) is 33.5 cm³/mol. The van der Waals surface area contributed by atoms with Gasteiger partial charge in [-0.3, -0.25) is 4.90 Å². The number of hydrogen-bond acceptors (Lipinski definition) is 3. The van der Waals surface area contributed by atoms with Crippen molar-refractivity contribution in [2.24, 2.45) is 5.16 Å². The molecule has 0 atom stereocenters. The second-order valence-corrected chi connectivity index (χ2v) is 1.90. The first kappa shape index (κ1) is 4.61. The first-order valence-corrected chi connectivity index (χ1v) is 2.81. The Morgan fingerprint density at radius 2 is 2.67 bits per heavy atom. The molecule has 0 bridgehead atoms. The molecule has 2 aliphatic rings. The average molecular weight is 122 g/mol. The zero-order valence-corrected chi connectivity index (χ0v) is 4.82. The molecule has 0 fully saturated rings. The highest BCUT2D eigenvalue weighted by Gasteiger charge is 2.14. The second-order valence-electron chi connectivity index (χ2n) is 1.90. The van der Waals surface area contributed by atoms with Crippen molar-refractivity contribution in [1.29, 1.82) is 0 Å². The standard InChI is InChI=1S/C6H6N2O/c1-2-4-8-5-7-9-6(8)3-1/h1-3,5H,4H2. The fraction of sp³-hybridized carbons (Fsp3) is 0.167. The third-order valence-corrected chi connectivity index (χ3v) is 1.29. The maximum absolute atomic E-state index is 4.86. The summed E-state index contributed by atoms with van der Waals surface area (Å²) in [6.07, 6.45) is 7.57. The lowest BCUT2D eigenvalue weighted by Gasteiger charge is -2.12. The molecule has 0 N–H and O–H groups in total. The van der Waals surface area contributed by atoms with Gasteiger partial charge in [-0.1, -0.05) is 17.3 Å². The molecule has 46 valence electrons. The molecule has 0 saturated heterocycles. The molecule has 0 spiro atoms. The number of rotatable bonds is 0. The van der Waals surface area contributed by atoms with Gasteiger partial charge in [-0.15, -0.1) is 0 Å². The van der Waals surface area contributed by atoms with Gasteiger partial charge in [-0.05, 0) is 0 Å². The highest BCUT2D eigenvalue weighted by atomic mass is 16.7. The van der Waals surface area contributed by atoms with Crippen molar-refractivity contribution in [3.63, 3.8) is 0 Å². The molecule has 2 heterocycles. The van der Waals surface area contributed by atoms with E-state index in [-0.39, 0.29) is 0 Å².